The number of rotatable bonds is 8. The van der Waals surface area contributed by atoms with Crippen molar-refractivity contribution in [3.05, 3.63) is 101 Å². The van der Waals surface area contributed by atoms with E-state index in [2.05, 4.69) is 69.4 Å². The number of amides is 2. The number of carbonyl (C=O) groups excluding carboxylic acids is 1. The second-order valence-corrected chi connectivity index (χ2v) is 12.9. The van der Waals surface area contributed by atoms with Gasteiger partial charge in [-0.3, -0.25) is 0 Å². The summed E-state index contributed by atoms with van der Waals surface area (Å²) in [5, 5.41) is 3.22. The summed E-state index contributed by atoms with van der Waals surface area (Å²) in [6, 6.07) is 25.5. The maximum absolute atomic E-state index is 13.9. The second kappa shape index (κ2) is 11.7. The third-order valence-corrected chi connectivity index (χ3v) is 9.85. The average molecular weight is 539 g/mol. The van der Waals surface area contributed by atoms with Gasteiger partial charge < -0.3 is 15.0 Å². The molecule has 4 nitrogen and oxygen atoms in total. The zero-order valence-corrected chi connectivity index (χ0v) is 25.0. The minimum Gasteiger partial charge on any atom is -0.496 e. The van der Waals surface area contributed by atoms with E-state index < -0.39 is 0 Å². The highest BCUT2D eigenvalue weighted by atomic mass is 16.5. The first-order chi connectivity index (χ1) is 19.2. The van der Waals surface area contributed by atoms with Crippen LogP contribution >= 0.6 is 0 Å². The molecule has 1 fully saturated rings. The molecule has 1 saturated carbocycles. The van der Waals surface area contributed by atoms with E-state index >= 15 is 0 Å². The molecule has 3 aromatic rings. The maximum Gasteiger partial charge on any atom is 0.317 e. The van der Waals surface area contributed by atoms with E-state index in [1.165, 1.54) is 24.8 Å². The highest BCUT2D eigenvalue weighted by Crippen LogP contribution is 2.57. The fraction of sp³-hybridized carbons (Fsp3) is 0.472. The van der Waals surface area contributed by atoms with Crippen molar-refractivity contribution in [2.24, 2.45) is 11.3 Å². The predicted octanol–water partition coefficient (Wildman–Crippen LogP) is 8.24. The van der Waals surface area contributed by atoms with Crippen LogP contribution < -0.4 is 10.1 Å². The van der Waals surface area contributed by atoms with Crippen molar-refractivity contribution in [2.45, 2.75) is 84.2 Å². The Morgan fingerprint density at radius 1 is 1.02 bits per heavy atom. The molecule has 5 rings (SSSR count). The lowest BCUT2D eigenvalue weighted by Crippen LogP contribution is -2.54. The molecule has 0 aromatic heterocycles. The van der Waals surface area contributed by atoms with Gasteiger partial charge >= 0.3 is 6.03 Å². The fourth-order valence-electron chi connectivity index (χ4n) is 7.75. The van der Waals surface area contributed by atoms with Gasteiger partial charge in [0, 0.05) is 18.7 Å². The predicted molar refractivity (Wildman–Crippen MR) is 164 cm³/mol. The first-order valence-electron chi connectivity index (χ1n) is 15.1. The monoisotopic (exact) mass is 538 g/mol. The molecule has 1 N–H and O–H groups in total. The number of hydrogen-bond acceptors (Lipinski definition) is 2. The molecule has 0 aliphatic heterocycles. The highest BCUT2D eigenvalue weighted by molar-refractivity contribution is 5.74. The van der Waals surface area contributed by atoms with Crippen LogP contribution in [0.5, 0.6) is 5.75 Å². The van der Waals surface area contributed by atoms with E-state index in [-0.39, 0.29) is 16.9 Å². The SMILES string of the molecule is COc1ccccc1CN(CC1(C)CCCC2(C)c3ccc(C(C)C)cc3CCC12)C(=O)NCc1ccccc1. The van der Waals surface area contributed by atoms with Gasteiger partial charge in [0.25, 0.3) is 0 Å². The Hall–Kier alpha value is -3.27. The summed E-state index contributed by atoms with van der Waals surface area (Å²) >= 11 is 0. The molecule has 0 saturated heterocycles. The Balaban J connectivity index is 1.43. The summed E-state index contributed by atoms with van der Waals surface area (Å²) in [7, 11) is 1.71. The van der Waals surface area contributed by atoms with Crippen LogP contribution in [0.15, 0.2) is 72.8 Å². The minimum atomic E-state index is -0.0129. The Morgan fingerprint density at radius 3 is 2.52 bits per heavy atom. The number of urea groups is 1. The first-order valence-corrected chi connectivity index (χ1v) is 15.1. The molecule has 0 heterocycles. The van der Waals surface area contributed by atoms with Crippen LogP contribution in [0.2, 0.25) is 0 Å². The van der Waals surface area contributed by atoms with Gasteiger partial charge in [0.1, 0.15) is 5.75 Å². The normalized spacial score (nSPS) is 23.7. The zero-order valence-electron chi connectivity index (χ0n) is 25.0. The number of hydrogen-bond donors (Lipinski definition) is 1. The number of para-hydroxylation sites is 1. The number of nitrogens with one attached hydrogen (secondary N) is 1. The molecule has 3 aromatic carbocycles. The molecule has 40 heavy (non-hydrogen) atoms. The summed E-state index contributed by atoms with van der Waals surface area (Å²) in [5.41, 5.74) is 6.83. The Morgan fingerprint density at radius 2 is 1.77 bits per heavy atom. The number of ether oxygens (including phenoxy) is 1. The number of nitrogens with zero attached hydrogens (tertiary/aromatic N) is 1. The lowest BCUT2D eigenvalue weighted by Gasteiger charge is -2.56. The topological polar surface area (TPSA) is 41.6 Å². The summed E-state index contributed by atoms with van der Waals surface area (Å²) in [6.45, 7) is 11.3. The van der Waals surface area contributed by atoms with Crippen LogP contribution in [0, 0.1) is 11.3 Å². The van der Waals surface area contributed by atoms with Gasteiger partial charge in [-0.05, 0) is 76.7 Å². The molecular weight excluding hydrogens is 492 g/mol. The van der Waals surface area contributed by atoms with Crippen LogP contribution in [0.3, 0.4) is 0 Å². The van der Waals surface area contributed by atoms with E-state index in [0.717, 1.165) is 36.3 Å². The molecule has 3 unspecified atom stereocenters. The van der Waals surface area contributed by atoms with Crippen molar-refractivity contribution in [3.63, 3.8) is 0 Å². The van der Waals surface area contributed by atoms with E-state index in [1.54, 1.807) is 18.2 Å². The third kappa shape index (κ3) is 5.64. The van der Waals surface area contributed by atoms with Gasteiger partial charge in [-0.15, -0.1) is 0 Å². The van der Waals surface area contributed by atoms with Crippen LogP contribution in [-0.2, 0) is 24.9 Å². The first kappa shape index (κ1) is 28.3. The number of methoxy groups -OCH3 is 1. The van der Waals surface area contributed by atoms with Gasteiger partial charge in [0.05, 0.1) is 13.7 Å². The van der Waals surface area contributed by atoms with E-state index in [9.17, 15) is 4.79 Å². The van der Waals surface area contributed by atoms with Crippen molar-refractivity contribution < 1.29 is 9.53 Å². The summed E-state index contributed by atoms with van der Waals surface area (Å²) < 4.78 is 5.68. The average Bonchev–Trinajstić information content (AvgIpc) is 2.96. The molecular formula is C36H46N2O2. The van der Waals surface area contributed by atoms with Crippen molar-refractivity contribution in [1.29, 1.82) is 0 Å². The van der Waals surface area contributed by atoms with E-state index in [1.807, 2.05) is 41.3 Å². The Bertz CT molecular complexity index is 1320. The number of aryl methyl sites for hydroxylation is 1. The van der Waals surface area contributed by atoms with Crippen molar-refractivity contribution in [1.82, 2.24) is 10.2 Å². The molecule has 0 radical (unpaired) electrons. The molecule has 3 atom stereocenters. The zero-order chi connectivity index (χ0) is 28.3. The number of fused-ring (bicyclic) bond motifs is 3. The van der Waals surface area contributed by atoms with Crippen molar-refractivity contribution in [3.8, 4) is 5.75 Å². The van der Waals surface area contributed by atoms with Crippen LogP contribution in [0.1, 0.15) is 87.1 Å². The molecule has 212 valence electrons. The van der Waals surface area contributed by atoms with E-state index in [0.29, 0.717) is 24.9 Å². The largest absolute Gasteiger partial charge is 0.496 e. The van der Waals surface area contributed by atoms with Gasteiger partial charge in [-0.25, -0.2) is 4.79 Å². The van der Waals surface area contributed by atoms with E-state index in [4.69, 9.17) is 4.74 Å². The molecule has 2 amide bonds. The highest BCUT2D eigenvalue weighted by Gasteiger charge is 2.52. The summed E-state index contributed by atoms with van der Waals surface area (Å²) in [6.07, 6.45) is 5.84. The molecule has 0 spiro atoms. The van der Waals surface area contributed by atoms with Gasteiger partial charge in [0.15, 0.2) is 0 Å². The smallest absolute Gasteiger partial charge is 0.317 e. The van der Waals surface area contributed by atoms with Gasteiger partial charge in [-0.2, -0.15) is 0 Å². The third-order valence-electron chi connectivity index (χ3n) is 9.85. The summed E-state index contributed by atoms with van der Waals surface area (Å²) in [5.74, 6) is 1.90. The minimum absolute atomic E-state index is 0.0129. The fourth-order valence-corrected chi connectivity index (χ4v) is 7.75. The summed E-state index contributed by atoms with van der Waals surface area (Å²) in [4.78, 5) is 15.9. The van der Waals surface area contributed by atoms with Crippen molar-refractivity contribution in [2.75, 3.05) is 13.7 Å². The molecule has 2 aliphatic rings. The molecule has 2 aliphatic carbocycles. The van der Waals surface area contributed by atoms with Gasteiger partial charge in [-0.1, -0.05) is 101 Å². The Kier molecular flexibility index (Phi) is 8.26. The van der Waals surface area contributed by atoms with Crippen LogP contribution in [0.25, 0.3) is 0 Å². The van der Waals surface area contributed by atoms with Gasteiger partial charge in [0.2, 0.25) is 0 Å². The quantitative estimate of drug-likeness (QED) is 0.314. The lowest BCUT2D eigenvalue weighted by atomic mass is 9.49. The Labute approximate surface area is 241 Å². The number of benzene rings is 3. The lowest BCUT2D eigenvalue weighted by molar-refractivity contribution is 0.00332. The maximum atomic E-state index is 13.9. The van der Waals surface area contributed by atoms with Crippen LogP contribution in [-0.4, -0.2) is 24.6 Å². The second-order valence-electron chi connectivity index (χ2n) is 12.9. The van der Waals surface area contributed by atoms with Crippen molar-refractivity contribution >= 4 is 6.03 Å². The van der Waals surface area contributed by atoms with Crippen LogP contribution in [0.4, 0.5) is 4.79 Å². The number of carbonyl (C=O) groups is 1. The standard InChI is InChI=1S/C36H46N2O2/c1-26(2)28-16-18-31-29(22-28)17-19-33-35(3,20-11-21-36(31,33)4)25-38(24-30-14-9-10-15-32(30)40-5)34(39)37-23-27-12-7-6-8-13-27/h6-10,12-16,18,22,26,33H,11,17,19-21,23-25H2,1-5H3,(H,37,39). The molecule has 4 heteroatoms. The molecule has 0 bridgehead atoms.